The van der Waals surface area contributed by atoms with E-state index in [1.165, 1.54) is 4.80 Å². The minimum atomic E-state index is -1.07. The summed E-state index contributed by atoms with van der Waals surface area (Å²) in [6.45, 7) is 24.3. The minimum Gasteiger partial charge on any atom is -0.504 e. The molecule has 2 atom stereocenters. The van der Waals surface area contributed by atoms with Crippen LogP contribution in [0.25, 0.3) is 27.8 Å². The van der Waals surface area contributed by atoms with E-state index in [-0.39, 0.29) is 27.4 Å². The van der Waals surface area contributed by atoms with Gasteiger partial charge in [0.05, 0.1) is 5.69 Å². The lowest BCUT2D eigenvalue weighted by Crippen LogP contribution is -2.47. The van der Waals surface area contributed by atoms with Crippen molar-refractivity contribution in [1.82, 2.24) is 30.0 Å². The molecule has 2 unspecified atom stereocenters. The van der Waals surface area contributed by atoms with Crippen LogP contribution in [-0.4, -0.2) is 46.3 Å². The number of hydrogen-bond donors (Lipinski definition) is 3. The molecular weight excluding hydrogens is 622 g/mol. The molecular formula is C41H53N7O2. The Bertz CT molecular complexity index is 2050. The number of aliphatic hydroxyl groups excluding tert-OH is 1. The number of anilines is 1. The molecule has 264 valence electrons. The lowest BCUT2D eigenvalue weighted by atomic mass is 9.68. The second kappa shape index (κ2) is 12.1. The third-order valence-electron chi connectivity index (χ3n) is 9.70. The summed E-state index contributed by atoms with van der Waals surface area (Å²) in [6, 6.07) is 19.4. The average molecular weight is 676 g/mol. The van der Waals surface area contributed by atoms with Crippen molar-refractivity contribution >= 4 is 27.8 Å². The molecule has 2 aromatic heterocycles. The predicted octanol–water partition coefficient (Wildman–Crippen LogP) is 9.06. The quantitative estimate of drug-likeness (QED) is 0.141. The first-order chi connectivity index (χ1) is 23.2. The largest absolute Gasteiger partial charge is 0.504 e. The van der Waals surface area contributed by atoms with Crippen molar-refractivity contribution in [1.29, 1.82) is 0 Å². The molecule has 0 bridgehead atoms. The number of benzene rings is 3. The fraction of sp³-hybridized carbons (Fsp3) is 0.463. The van der Waals surface area contributed by atoms with Crippen molar-refractivity contribution < 1.29 is 10.2 Å². The van der Waals surface area contributed by atoms with Gasteiger partial charge >= 0.3 is 0 Å². The van der Waals surface area contributed by atoms with Crippen molar-refractivity contribution in [3.05, 3.63) is 89.6 Å². The number of nitrogens with zero attached hydrogens (tertiary/aromatic N) is 6. The van der Waals surface area contributed by atoms with Gasteiger partial charge in [0.2, 0.25) is 0 Å². The highest BCUT2D eigenvalue weighted by atomic mass is 16.3. The summed E-state index contributed by atoms with van der Waals surface area (Å²) in [5, 5.41) is 47.0. The van der Waals surface area contributed by atoms with Crippen LogP contribution in [0.2, 0.25) is 0 Å². The molecule has 3 aromatic carbocycles. The number of aromatic hydroxyl groups is 1. The Morgan fingerprint density at radius 1 is 0.720 bits per heavy atom. The minimum absolute atomic E-state index is 0.0107. The molecule has 0 saturated carbocycles. The molecule has 0 radical (unpaired) electrons. The van der Waals surface area contributed by atoms with E-state index in [0.29, 0.717) is 17.1 Å². The van der Waals surface area contributed by atoms with E-state index >= 15 is 0 Å². The van der Waals surface area contributed by atoms with Gasteiger partial charge in [0.15, 0.2) is 5.75 Å². The molecule has 9 heteroatoms. The summed E-state index contributed by atoms with van der Waals surface area (Å²) in [5.74, 6) is -0.0107. The van der Waals surface area contributed by atoms with E-state index in [2.05, 4.69) is 80.6 Å². The van der Waals surface area contributed by atoms with Crippen LogP contribution in [0.3, 0.4) is 0 Å². The molecule has 0 fully saturated rings. The number of aromatic nitrogens is 6. The lowest BCUT2D eigenvalue weighted by molar-refractivity contribution is 0.0849. The Morgan fingerprint density at radius 3 is 1.70 bits per heavy atom. The van der Waals surface area contributed by atoms with Gasteiger partial charge in [0, 0.05) is 5.70 Å². The van der Waals surface area contributed by atoms with Crippen molar-refractivity contribution in [2.75, 3.05) is 5.32 Å². The fourth-order valence-corrected chi connectivity index (χ4v) is 7.97. The molecule has 5 aromatic rings. The number of phenolic OH excluding ortho intramolecular Hbond substituents is 1. The number of hydrogen-bond acceptors (Lipinski definition) is 7. The van der Waals surface area contributed by atoms with E-state index < -0.39 is 11.6 Å². The van der Waals surface area contributed by atoms with Gasteiger partial charge in [-0.25, -0.2) is 0 Å². The zero-order valence-corrected chi connectivity index (χ0v) is 31.5. The van der Waals surface area contributed by atoms with Gasteiger partial charge in [-0.2, -0.15) is 15.0 Å². The van der Waals surface area contributed by atoms with Crippen LogP contribution >= 0.6 is 0 Å². The smallest absolute Gasteiger partial charge is 0.166 e. The molecule has 0 amide bonds. The predicted molar refractivity (Wildman–Crippen MR) is 202 cm³/mol. The van der Waals surface area contributed by atoms with Crippen LogP contribution in [0.4, 0.5) is 5.69 Å². The summed E-state index contributed by atoms with van der Waals surface area (Å²) in [5.41, 5.74) is 5.04. The summed E-state index contributed by atoms with van der Waals surface area (Å²) in [6.07, 6.45) is 4.88. The van der Waals surface area contributed by atoms with Crippen LogP contribution in [0.15, 0.2) is 84.1 Å². The maximum atomic E-state index is 12.3. The molecule has 1 aliphatic carbocycles. The summed E-state index contributed by atoms with van der Waals surface area (Å²) >= 11 is 0. The van der Waals surface area contributed by atoms with Crippen molar-refractivity contribution in [2.24, 2.45) is 16.2 Å². The summed E-state index contributed by atoms with van der Waals surface area (Å²) in [4.78, 5) is 3.15. The SMILES string of the molecule is CC(C)(C)CC(C)(C)C1=CC(C)(n2nc3ccccc3n2)C(O)C(Nc2cc(C(C)(C)CC(C)(C)C)cc(-n3nc4ccccc4n3)c2O)=C1. The highest BCUT2D eigenvalue weighted by Gasteiger charge is 2.44. The number of allylic oxidation sites excluding steroid dienone is 2. The maximum absolute atomic E-state index is 12.3. The van der Waals surface area contributed by atoms with Gasteiger partial charge < -0.3 is 15.5 Å². The molecule has 0 saturated heterocycles. The molecule has 3 N–H and O–H groups in total. The monoisotopic (exact) mass is 675 g/mol. The number of nitrogens with one attached hydrogen (secondary N) is 1. The number of phenols is 1. The van der Waals surface area contributed by atoms with Crippen molar-refractivity contribution in [3.63, 3.8) is 0 Å². The van der Waals surface area contributed by atoms with Gasteiger partial charge in [0.1, 0.15) is 39.4 Å². The molecule has 2 heterocycles. The van der Waals surface area contributed by atoms with Gasteiger partial charge in [-0.3, -0.25) is 0 Å². The molecule has 6 rings (SSSR count). The topological polar surface area (TPSA) is 114 Å². The van der Waals surface area contributed by atoms with Crippen molar-refractivity contribution in [3.8, 4) is 11.4 Å². The number of fused-ring (bicyclic) bond motifs is 2. The Balaban J connectivity index is 1.52. The summed E-state index contributed by atoms with van der Waals surface area (Å²) in [7, 11) is 0. The summed E-state index contributed by atoms with van der Waals surface area (Å²) < 4.78 is 0. The highest BCUT2D eigenvalue weighted by Crippen LogP contribution is 2.47. The maximum Gasteiger partial charge on any atom is 0.166 e. The zero-order valence-electron chi connectivity index (χ0n) is 31.5. The first-order valence-electron chi connectivity index (χ1n) is 17.6. The Hall–Kier alpha value is -4.50. The van der Waals surface area contributed by atoms with E-state index in [9.17, 15) is 10.2 Å². The van der Waals surface area contributed by atoms with Crippen LogP contribution in [0.1, 0.15) is 94.6 Å². The molecule has 0 aliphatic heterocycles. The van der Waals surface area contributed by atoms with Crippen molar-refractivity contribution in [2.45, 2.75) is 106 Å². The number of rotatable bonds is 8. The average Bonchev–Trinajstić information content (AvgIpc) is 3.63. The van der Waals surface area contributed by atoms with Gasteiger partial charge in [-0.05, 0) is 101 Å². The third kappa shape index (κ3) is 6.93. The normalized spacial score (nSPS) is 19.2. The standard InChI is InChI=1S/C41H53N7O2/c1-37(2,3)24-39(7,8)26-20-32(35(49)34(22-26)47-43-28-16-12-13-17-29(28)44-47)42-33-21-27(40(9,10)25-38(4,5)6)23-41(11,36(33)50)48-45-30-18-14-15-19-31(30)46-48/h12-23,36,42,49-50H,24-25H2,1-11H3. The molecule has 1 aliphatic rings. The second-order valence-electron chi connectivity index (χ2n) is 18.0. The first kappa shape index (κ1) is 35.3. The Kier molecular flexibility index (Phi) is 8.53. The van der Waals surface area contributed by atoms with Crippen LogP contribution in [0, 0.1) is 16.2 Å². The molecule has 0 spiro atoms. The van der Waals surface area contributed by atoms with Gasteiger partial charge in [-0.15, -0.1) is 15.0 Å². The van der Waals surface area contributed by atoms with E-state index in [1.807, 2.05) is 73.7 Å². The van der Waals surface area contributed by atoms with Crippen LogP contribution in [-0.2, 0) is 11.0 Å². The Labute approximate surface area is 296 Å². The van der Waals surface area contributed by atoms with Crippen LogP contribution in [0.5, 0.6) is 5.75 Å². The van der Waals surface area contributed by atoms with E-state index in [0.717, 1.165) is 46.0 Å². The van der Waals surface area contributed by atoms with Gasteiger partial charge in [-0.1, -0.05) is 93.5 Å². The Morgan fingerprint density at radius 2 is 1.20 bits per heavy atom. The highest BCUT2D eigenvalue weighted by molar-refractivity contribution is 5.76. The number of aliphatic hydroxyl groups is 1. The first-order valence-corrected chi connectivity index (χ1v) is 17.6. The second-order valence-corrected chi connectivity index (χ2v) is 18.0. The molecule has 50 heavy (non-hydrogen) atoms. The van der Waals surface area contributed by atoms with Gasteiger partial charge in [0.25, 0.3) is 0 Å². The van der Waals surface area contributed by atoms with Crippen LogP contribution < -0.4 is 5.32 Å². The van der Waals surface area contributed by atoms with E-state index in [1.54, 1.807) is 4.80 Å². The third-order valence-corrected chi connectivity index (χ3v) is 9.70. The zero-order chi connectivity index (χ0) is 36.4. The van der Waals surface area contributed by atoms with E-state index in [4.69, 9.17) is 20.4 Å². The molecule has 9 nitrogen and oxygen atoms in total. The lowest BCUT2D eigenvalue weighted by Gasteiger charge is -2.41. The fourth-order valence-electron chi connectivity index (χ4n) is 7.97.